The van der Waals surface area contributed by atoms with Crippen LogP contribution in [0, 0.1) is 5.92 Å². The van der Waals surface area contributed by atoms with Gasteiger partial charge in [0.05, 0.1) is 0 Å². The second-order valence-corrected chi connectivity index (χ2v) is 6.80. The summed E-state index contributed by atoms with van der Waals surface area (Å²) in [6, 6.07) is 0. The first-order chi connectivity index (χ1) is 8.02. The number of hydrogen-bond acceptors (Lipinski definition) is 4. The average molecular weight is 277 g/mol. The van der Waals surface area contributed by atoms with E-state index in [-0.39, 0.29) is 6.61 Å². The molecule has 0 atom stereocenters. The van der Waals surface area contributed by atoms with Gasteiger partial charge in [-0.05, 0) is 19.3 Å². The van der Waals surface area contributed by atoms with Gasteiger partial charge in [0.25, 0.3) is 0 Å². The molecule has 3 nitrogen and oxygen atoms in total. The molecule has 0 bridgehead atoms. The van der Waals surface area contributed by atoms with Gasteiger partial charge in [-0.1, -0.05) is 35.4 Å². The number of carbonyl (C=O) groups excluding carboxylic acids is 1. The zero-order valence-electron chi connectivity index (χ0n) is 11.1. The largest absolute Gasteiger partial charge is 0.396 e. The summed E-state index contributed by atoms with van der Waals surface area (Å²) in [6.07, 6.45) is 2.60. The molecule has 5 heteroatoms. The molecular weight excluding hydrogens is 254 g/mol. The molecular formula is C12H23NO2S2. The summed E-state index contributed by atoms with van der Waals surface area (Å²) in [6.45, 7) is 6.45. The molecule has 0 radical (unpaired) electrons. The SMILES string of the molecule is C/C(=C(\CCO)SSCCC(C)C)N(C)C=O. The molecule has 0 aromatic rings. The van der Waals surface area contributed by atoms with Crippen LogP contribution >= 0.6 is 21.6 Å². The van der Waals surface area contributed by atoms with Crippen LogP contribution in [0.3, 0.4) is 0 Å². The lowest BCUT2D eigenvalue weighted by Crippen LogP contribution is -2.14. The first kappa shape index (κ1) is 16.9. The van der Waals surface area contributed by atoms with Crippen molar-refractivity contribution < 1.29 is 9.90 Å². The molecule has 0 aromatic carbocycles. The monoisotopic (exact) mass is 277 g/mol. The van der Waals surface area contributed by atoms with Crippen molar-refractivity contribution in [2.45, 2.75) is 33.6 Å². The molecule has 0 fully saturated rings. The Bertz CT molecular complexity index is 255. The molecule has 100 valence electrons. The number of nitrogens with zero attached hydrogens (tertiary/aromatic N) is 1. The van der Waals surface area contributed by atoms with Gasteiger partial charge in [-0.15, -0.1) is 0 Å². The van der Waals surface area contributed by atoms with Crippen LogP contribution in [0.15, 0.2) is 10.6 Å². The van der Waals surface area contributed by atoms with Crippen LogP contribution < -0.4 is 0 Å². The van der Waals surface area contributed by atoms with Crippen molar-refractivity contribution in [2.75, 3.05) is 19.4 Å². The molecule has 0 unspecified atom stereocenters. The van der Waals surface area contributed by atoms with Gasteiger partial charge < -0.3 is 10.0 Å². The lowest BCUT2D eigenvalue weighted by Gasteiger charge is -2.16. The van der Waals surface area contributed by atoms with Gasteiger partial charge in [-0.3, -0.25) is 4.79 Å². The van der Waals surface area contributed by atoms with Crippen molar-refractivity contribution in [2.24, 2.45) is 5.92 Å². The van der Waals surface area contributed by atoms with Crippen molar-refractivity contribution in [1.29, 1.82) is 0 Å². The molecule has 0 saturated carbocycles. The second-order valence-electron chi connectivity index (χ2n) is 4.29. The fraction of sp³-hybridized carbons (Fsp3) is 0.750. The van der Waals surface area contributed by atoms with Gasteiger partial charge in [-0.25, -0.2) is 0 Å². The molecule has 0 saturated heterocycles. The number of amides is 1. The van der Waals surface area contributed by atoms with E-state index in [0.29, 0.717) is 12.3 Å². The maximum Gasteiger partial charge on any atom is 0.213 e. The van der Waals surface area contributed by atoms with E-state index in [1.165, 1.54) is 6.42 Å². The van der Waals surface area contributed by atoms with Crippen LogP contribution in [-0.2, 0) is 4.79 Å². The highest BCUT2D eigenvalue weighted by atomic mass is 33.1. The van der Waals surface area contributed by atoms with E-state index in [1.54, 1.807) is 33.5 Å². The fourth-order valence-electron chi connectivity index (χ4n) is 1.06. The predicted octanol–water partition coefficient (Wildman–Crippen LogP) is 3.12. The number of aliphatic hydroxyl groups is 1. The van der Waals surface area contributed by atoms with Gasteiger partial charge in [-0.2, -0.15) is 0 Å². The minimum atomic E-state index is 0.122. The number of allylic oxidation sites excluding steroid dienone is 1. The molecule has 1 N–H and O–H groups in total. The fourth-order valence-corrected chi connectivity index (χ4v) is 3.87. The van der Waals surface area contributed by atoms with E-state index >= 15 is 0 Å². The van der Waals surface area contributed by atoms with Crippen molar-refractivity contribution in [3.63, 3.8) is 0 Å². The maximum atomic E-state index is 10.7. The number of carbonyl (C=O) groups is 1. The number of aliphatic hydroxyl groups excluding tert-OH is 1. The molecule has 0 aliphatic heterocycles. The van der Waals surface area contributed by atoms with E-state index in [9.17, 15) is 4.79 Å². The zero-order chi connectivity index (χ0) is 13.3. The average Bonchev–Trinajstić information content (AvgIpc) is 2.30. The van der Waals surface area contributed by atoms with Crippen molar-refractivity contribution in [1.82, 2.24) is 4.90 Å². The van der Waals surface area contributed by atoms with Crippen LogP contribution in [-0.4, -0.2) is 35.8 Å². The molecule has 0 aliphatic rings. The van der Waals surface area contributed by atoms with Crippen LogP contribution in [0.4, 0.5) is 0 Å². The van der Waals surface area contributed by atoms with E-state index in [4.69, 9.17) is 5.11 Å². The lowest BCUT2D eigenvalue weighted by molar-refractivity contribution is -0.115. The van der Waals surface area contributed by atoms with Gasteiger partial charge >= 0.3 is 0 Å². The highest BCUT2D eigenvalue weighted by Crippen LogP contribution is 2.35. The minimum absolute atomic E-state index is 0.122. The van der Waals surface area contributed by atoms with Crippen molar-refractivity contribution in [3.8, 4) is 0 Å². The molecule has 1 amide bonds. The summed E-state index contributed by atoms with van der Waals surface area (Å²) in [5.41, 5.74) is 0.927. The number of rotatable bonds is 9. The highest BCUT2D eigenvalue weighted by Gasteiger charge is 2.08. The van der Waals surface area contributed by atoms with Crippen LogP contribution in [0.1, 0.15) is 33.6 Å². The Kier molecular flexibility index (Phi) is 9.78. The Hall–Kier alpha value is -0.130. The molecule has 17 heavy (non-hydrogen) atoms. The third-order valence-corrected chi connectivity index (χ3v) is 5.05. The van der Waals surface area contributed by atoms with Crippen LogP contribution in [0.25, 0.3) is 0 Å². The highest BCUT2D eigenvalue weighted by molar-refractivity contribution is 8.78. The minimum Gasteiger partial charge on any atom is -0.396 e. The van der Waals surface area contributed by atoms with Gasteiger partial charge in [0.15, 0.2) is 0 Å². The second kappa shape index (κ2) is 9.85. The van der Waals surface area contributed by atoms with Crippen molar-refractivity contribution in [3.05, 3.63) is 10.6 Å². The first-order valence-electron chi connectivity index (χ1n) is 5.81. The standard InChI is InChI=1S/C12H23NO2S2/c1-10(2)6-8-16-17-12(5-7-14)11(3)13(4)9-15/h9-10,14H,5-8H2,1-4H3/b12-11-. The zero-order valence-corrected chi connectivity index (χ0v) is 12.7. The van der Waals surface area contributed by atoms with E-state index in [2.05, 4.69) is 13.8 Å². The molecule has 0 rings (SSSR count). The van der Waals surface area contributed by atoms with Crippen LogP contribution in [0.2, 0.25) is 0 Å². The Labute approximate surface area is 112 Å². The normalized spacial score (nSPS) is 12.6. The molecule has 0 aliphatic carbocycles. The van der Waals surface area contributed by atoms with E-state index in [0.717, 1.165) is 22.8 Å². The lowest BCUT2D eigenvalue weighted by atomic mass is 10.2. The van der Waals surface area contributed by atoms with E-state index in [1.807, 2.05) is 6.92 Å². The third kappa shape index (κ3) is 7.73. The molecule has 0 aromatic heterocycles. The quantitative estimate of drug-likeness (QED) is 0.399. The summed E-state index contributed by atoms with van der Waals surface area (Å²) in [5.74, 6) is 1.81. The Morgan fingerprint density at radius 1 is 1.47 bits per heavy atom. The summed E-state index contributed by atoms with van der Waals surface area (Å²) < 4.78 is 0. The van der Waals surface area contributed by atoms with Crippen LogP contribution in [0.5, 0.6) is 0 Å². The summed E-state index contributed by atoms with van der Waals surface area (Å²) in [7, 11) is 5.20. The Morgan fingerprint density at radius 3 is 2.59 bits per heavy atom. The predicted molar refractivity (Wildman–Crippen MR) is 77.7 cm³/mol. The smallest absolute Gasteiger partial charge is 0.213 e. The van der Waals surface area contributed by atoms with E-state index < -0.39 is 0 Å². The number of hydrogen-bond donors (Lipinski definition) is 1. The Balaban J connectivity index is 4.27. The summed E-state index contributed by atoms with van der Waals surface area (Å²) in [4.78, 5) is 13.3. The van der Waals surface area contributed by atoms with Gasteiger partial charge in [0, 0.05) is 36.4 Å². The Morgan fingerprint density at radius 2 is 2.12 bits per heavy atom. The molecule has 0 heterocycles. The summed E-state index contributed by atoms with van der Waals surface area (Å²) in [5, 5.41) is 9.02. The van der Waals surface area contributed by atoms with Gasteiger partial charge in [0.1, 0.15) is 0 Å². The third-order valence-electron chi connectivity index (χ3n) is 2.37. The van der Waals surface area contributed by atoms with Crippen molar-refractivity contribution >= 4 is 28.0 Å². The topological polar surface area (TPSA) is 40.5 Å². The first-order valence-corrected chi connectivity index (χ1v) is 8.13. The summed E-state index contributed by atoms with van der Waals surface area (Å²) >= 11 is 0. The molecule has 0 spiro atoms. The van der Waals surface area contributed by atoms with Gasteiger partial charge in [0.2, 0.25) is 6.41 Å². The maximum absolute atomic E-state index is 10.7.